The lowest BCUT2D eigenvalue weighted by Crippen LogP contribution is -2.31. The monoisotopic (exact) mass is 291 g/mol. The van der Waals surface area contributed by atoms with Crippen LogP contribution >= 0.6 is 11.3 Å². The van der Waals surface area contributed by atoms with Crippen LogP contribution in [0.1, 0.15) is 29.0 Å². The molecular formula is C14H17N3O2S. The van der Waals surface area contributed by atoms with Gasteiger partial charge >= 0.3 is 0 Å². The highest BCUT2D eigenvalue weighted by Gasteiger charge is 2.16. The molecule has 0 fully saturated rings. The van der Waals surface area contributed by atoms with Gasteiger partial charge in [0.2, 0.25) is 0 Å². The highest BCUT2D eigenvalue weighted by atomic mass is 32.1. The first kappa shape index (κ1) is 14.5. The number of nitrogens with one attached hydrogen (secondary N) is 2. The molecule has 20 heavy (non-hydrogen) atoms. The van der Waals surface area contributed by atoms with Crippen molar-refractivity contribution >= 4 is 22.4 Å². The second-order valence-corrected chi connectivity index (χ2v) is 5.05. The number of benzene rings is 1. The van der Waals surface area contributed by atoms with Crippen LogP contribution in [0.5, 0.6) is 0 Å². The van der Waals surface area contributed by atoms with Crippen LogP contribution in [0.4, 0.5) is 5.13 Å². The summed E-state index contributed by atoms with van der Waals surface area (Å²) in [5.74, 6) is -0.284. The lowest BCUT2D eigenvalue weighted by atomic mass is 10.1. The van der Waals surface area contributed by atoms with Crippen LogP contribution in [0.2, 0.25) is 0 Å². The number of aliphatic hydroxyl groups excluding tert-OH is 1. The van der Waals surface area contributed by atoms with Crippen molar-refractivity contribution in [2.24, 2.45) is 0 Å². The predicted molar refractivity (Wildman–Crippen MR) is 80.0 cm³/mol. The van der Waals surface area contributed by atoms with E-state index < -0.39 is 6.04 Å². The molecule has 1 aromatic heterocycles. The molecule has 6 heteroatoms. The lowest BCUT2D eigenvalue weighted by Gasteiger charge is -2.15. The number of nitrogens with zero attached hydrogens (tertiary/aromatic N) is 1. The number of hydrogen-bond donors (Lipinski definition) is 3. The van der Waals surface area contributed by atoms with Gasteiger partial charge < -0.3 is 15.7 Å². The molecule has 1 aromatic carbocycles. The molecule has 2 aromatic rings. The van der Waals surface area contributed by atoms with Gasteiger partial charge in [0.25, 0.3) is 5.91 Å². The molecule has 0 spiro atoms. The van der Waals surface area contributed by atoms with E-state index in [0.717, 1.165) is 17.2 Å². The van der Waals surface area contributed by atoms with E-state index in [4.69, 9.17) is 0 Å². The van der Waals surface area contributed by atoms with Crippen molar-refractivity contribution in [2.75, 3.05) is 18.5 Å². The summed E-state index contributed by atoms with van der Waals surface area (Å²) in [7, 11) is 0. The van der Waals surface area contributed by atoms with Crippen LogP contribution in [0.25, 0.3) is 0 Å². The van der Waals surface area contributed by atoms with Gasteiger partial charge in [0.05, 0.1) is 12.6 Å². The molecule has 0 aliphatic rings. The molecular weight excluding hydrogens is 274 g/mol. The van der Waals surface area contributed by atoms with Crippen molar-refractivity contribution < 1.29 is 9.90 Å². The average Bonchev–Trinajstić information content (AvgIpc) is 2.94. The number of aromatic nitrogens is 1. The molecule has 0 unspecified atom stereocenters. The molecule has 3 N–H and O–H groups in total. The topological polar surface area (TPSA) is 74.2 Å². The number of amides is 1. The molecule has 5 nitrogen and oxygen atoms in total. The van der Waals surface area contributed by atoms with E-state index in [2.05, 4.69) is 15.6 Å². The van der Waals surface area contributed by atoms with Crippen LogP contribution in [0.3, 0.4) is 0 Å². The summed E-state index contributed by atoms with van der Waals surface area (Å²) in [6, 6.07) is 8.95. The Morgan fingerprint density at radius 2 is 2.15 bits per heavy atom. The normalized spacial score (nSPS) is 11.9. The third-order valence-electron chi connectivity index (χ3n) is 2.75. The summed E-state index contributed by atoms with van der Waals surface area (Å²) in [6.07, 6.45) is 0. The molecule has 106 valence electrons. The second kappa shape index (κ2) is 7.02. The smallest absolute Gasteiger partial charge is 0.271 e. The predicted octanol–water partition coefficient (Wildman–Crippen LogP) is 2.04. The average molecular weight is 291 g/mol. The number of aliphatic hydroxyl groups is 1. The number of thiazole rings is 1. The minimum absolute atomic E-state index is 0.153. The van der Waals surface area contributed by atoms with E-state index in [0.29, 0.717) is 5.69 Å². The number of carbonyl (C=O) groups is 1. The van der Waals surface area contributed by atoms with Crippen molar-refractivity contribution in [3.05, 3.63) is 47.0 Å². The minimum Gasteiger partial charge on any atom is -0.394 e. The summed E-state index contributed by atoms with van der Waals surface area (Å²) in [5.41, 5.74) is 1.23. The van der Waals surface area contributed by atoms with Gasteiger partial charge in [-0.05, 0) is 12.5 Å². The molecule has 0 aliphatic carbocycles. The molecule has 1 heterocycles. The zero-order valence-corrected chi connectivity index (χ0v) is 12.0. The van der Waals surface area contributed by atoms with Crippen molar-refractivity contribution in [3.8, 4) is 0 Å². The maximum atomic E-state index is 12.1. The van der Waals surface area contributed by atoms with Gasteiger partial charge in [0.15, 0.2) is 5.13 Å². The van der Waals surface area contributed by atoms with Crippen molar-refractivity contribution in [1.82, 2.24) is 10.3 Å². The van der Waals surface area contributed by atoms with E-state index in [1.54, 1.807) is 5.38 Å². The van der Waals surface area contributed by atoms with E-state index in [9.17, 15) is 9.90 Å². The Bertz CT molecular complexity index is 557. The highest BCUT2D eigenvalue weighted by molar-refractivity contribution is 7.13. The van der Waals surface area contributed by atoms with Crippen molar-refractivity contribution in [3.63, 3.8) is 0 Å². The highest BCUT2D eigenvalue weighted by Crippen LogP contribution is 2.17. The molecule has 2 rings (SSSR count). The molecule has 0 aliphatic heterocycles. The van der Waals surface area contributed by atoms with E-state index in [1.165, 1.54) is 11.3 Å². The summed E-state index contributed by atoms with van der Waals surface area (Å²) >= 11 is 1.39. The fourth-order valence-corrected chi connectivity index (χ4v) is 2.52. The third kappa shape index (κ3) is 3.55. The summed E-state index contributed by atoms with van der Waals surface area (Å²) < 4.78 is 0. The first-order valence-electron chi connectivity index (χ1n) is 6.40. The molecule has 0 bridgehead atoms. The second-order valence-electron chi connectivity index (χ2n) is 4.19. The Morgan fingerprint density at radius 3 is 2.80 bits per heavy atom. The summed E-state index contributed by atoms with van der Waals surface area (Å²) in [5, 5.41) is 17.7. The van der Waals surface area contributed by atoms with Gasteiger partial charge in [-0.3, -0.25) is 4.79 Å². The fraction of sp³-hybridized carbons (Fsp3) is 0.286. The summed E-state index contributed by atoms with van der Waals surface area (Å²) in [4.78, 5) is 16.3. The van der Waals surface area contributed by atoms with E-state index in [1.807, 2.05) is 37.3 Å². The number of rotatable bonds is 6. The number of carbonyl (C=O) groups excluding carboxylic acids is 1. The van der Waals surface area contributed by atoms with Crippen LogP contribution in [0, 0.1) is 0 Å². The van der Waals surface area contributed by atoms with Crippen molar-refractivity contribution in [2.45, 2.75) is 13.0 Å². The van der Waals surface area contributed by atoms with Crippen LogP contribution < -0.4 is 10.6 Å². The zero-order chi connectivity index (χ0) is 14.4. The van der Waals surface area contributed by atoms with Gasteiger partial charge in [-0.1, -0.05) is 30.3 Å². The molecule has 0 saturated carbocycles. The molecule has 1 atom stereocenters. The Kier molecular flexibility index (Phi) is 5.09. The van der Waals surface area contributed by atoms with Crippen LogP contribution in [0.15, 0.2) is 35.7 Å². The van der Waals surface area contributed by atoms with Crippen molar-refractivity contribution in [1.29, 1.82) is 0 Å². The van der Waals surface area contributed by atoms with Crippen LogP contribution in [-0.2, 0) is 0 Å². The van der Waals surface area contributed by atoms with Gasteiger partial charge in [-0.2, -0.15) is 0 Å². The zero-order valence-electron chi connectivity index (χ0n) is 11.2. The Morgan fingerprint density at radius 1 is 1.40 bits per heavy atom. The molecule has 1 amide bonds. The first-order chi connectivity index (χ1) is 9.74. The third-order valence-corrected chi connectivity index (χ3v) is 3.55. The number of anilines is 1. The Hall–Kier alpha value is -1.92. The Balaban J connectivity index is 2.05. The fourth-order valence-electron chi connectivity index (χ4n) is 1.76. The largest absolute Gasteiger partial charge is 0.394 e. The minimum atomic E-state index is -0.423. The standard InChI is InChI=1S/C14H17N3O2S/c1-2-15-14-17-12(9-20-14)13(19)16-11(8-18)10-6-4-3-5-7-10/h3-7,9,11,18H,2,8H2,1H3,(H,15,17)(H,16,19)/t11-/m0/s1. The quantitative estimate of drug-likeness (QED) is 0.761. The first-order valence-corrected chi connectivity index (χ1v) is 7.28. The lowest BCUT2D eigenvalue weighted by molar-refractivity contribution is 0.0912. The maximum Gasteiger partial charge on any atom is 0.271 e. The van der Waals surface area contributed by atoms with E-state index >= 15 is 0 Å². The Labute approximate surface area is 121 Å². The summed E-state index contributed by atoms with van der Waals surface area (Å²) in [6.45, 7) is 2.58. The van der Waals surface area contributed by atoms with Gasteiger partial charge in [-0.15, -0.1) is 11.3 Å². The van der Waals surface area contributed by atoms with Gasteiger partial charge in [-0.25, -0.2) is 4.98 Å². The van der Waals surface area contributed by atoms with Gasteiger partial charge in [0.1, 0.15) is 5.69 Å². The molecule has 0 radical (unpaired) electrons. The van der Waals surface area contributed by atoms with E-state index in [-0.39, 0.29) is 12.5 Å². The maximum absolute atomic E-state index is 12.1. The van der Waals surface area contributed by atoms with Gasteiger partial charge in [0, 0.05) is 11.9 Å². The molecule has 0 saturated heterocycles. The SMILES string of the molecule is CCNc1nc(C(=O)N[C@@H](CO)c2ccccc2)cs1. The number of hydrogen-bond acceptors (Lipinski definition) is 5. The van der Waals surface area contributed by atoms with Crippen LogP contribution in [-0.4, -0.2) is 29.1 Å².